The molecule has 1 N–H and O–H groups in total. The van der Waals surface area contributed by atoms with Crippen LogP contribution in [0.1, 0.15) is 52.9 Å². The van der Waals surface area contributed by atoms with E-state index in [2.05, 4.69) is 5.32 Å². The molecule has 4 heteroatoms. The van der Waals surface area contributed by atoms with Crippen LogP contribution < -0.4 is 5.32 Å². The number of hydrogen-bond donors (Lipinski definition) is 1. The molecule has 0 unspecified atom stereocenters. The fourth-order valence-electron chi connectivity index (χ4n) is 2.10. The van der Waals surface area contributed by atoms with E-state index < -0.39 is 5.60 Å². The summed E-state index contributed by atoms with van der Waals surface area (Å²) in [7, 11) is 0. The van der Waals surface area contributed by atoms with Crippen LogP contribution in [0, 0.1) is 0 Å². The zero-order valence-electron chi connectivity index (χ0n) is 12.0. The van der Waals surface area contributed by atoms with Gasteiger partial charge < -0.3 is 14.8 Å². The summed E-state index contributed by atoms with van der Waals surface area (Å²) >= 11 is 0. The van der Waals surface area contributed by atoms with Crippen LogP contribution in [0.5, 0.6) is 0 Å². The highest BCUT2D eigenvalue weighted by molar-refractivity contribution is 5.72. The van der Waals surface area contributed by atoms with Crippen LogP contribution in [-0.2, 0) is 14.3 Å². The molecule has 1 rings (SSSR count). The van der Waals surface area contributed by atoms with Crippen molar-refractivity contribution in [3.63, 3.8) is 0 Å². The summed E-state index contributed by atoms with van der Waals surface area (Å²) < 4.78 is 10.9. The van der Waals surface area contributed by atoms with Crippen molar-refractivity contribution in [1.82, 2.24) is 5.32 Å². The van der Waals surface area contributed by atoms with Crippen LogP contribution in [0.25, 0.3) is 0 Å². The first-order valence-electron chi connectivity index (χ1n) is 7.01. The second kappa shape index (κ2) is 7.74. The lowest BCUT2D eigenvalue weighted by atomic mass is 9.98. The number of rotatable bonds is 6. The van der Waals surface area contributed by atoms with Gasteiger partial charge in [-0.2, -0.15) is 0 Å². The molecular formula is C14H27NO3. The van der Waals surface area contributed by atoms with Crippen molar-refractivity contribution in [3.05, 3.63) is 0 Å². The van der Waals surface area contributed by atoms with Gasteiger partial charge in [0.05, 0.1) is 19.3 Å². The SMILES string of the molecule is CC(C)(C)OC(=O)CNCCOC1CCCCC1. The molecule has 106 valence electrons. The number of ether oxygens (including phenoxy) is 2. The first-order chi connectivity index (χ1) is 8.47. The van der Waals surface area contributed by atoms with Gasteiger partial charge in [0.2, 0.25) is 0 Å². The third-order valence-electron chi connectivity index (χ3n) is 2.87. The standard InChI is InChI=1S/C14H27NO3/c1-14(2,3)18-13(16)11-15-9-10-17-12-7-5-4-6-8-12/h12,15H,4-11H2,1-3H3. The first-order valence-corrected chi connectivity index (χ1v) is 7.01. The molecule has 0 spiro atoms. The van der Waals surface area contributed by atoms with Gasteiger partial charge >= 0.3 is 5.97 Å². The summed E-state index contributed by atoms with van der Waals surface area (Å²) in [6.45, 7) is 7.25. The van der Waals surface area contributed by atoms with E-state index in [0.29, 0.717) is 19.3 Å². The molecule has 18 heavy (non-hydrogen) atoms. The zero-order valence-corrected chi connectivity index (χ0v) is 12.0. The van der Waals surface area contributed by atoms with E-state index in [4.69, 9.17) is 9.47 Å². The molecule has 0 bridgehead atoms. The molecule has 0 aromatic heterocycles. The summed E-state index contributed by atoms with van der Waals surface area (Å²) in [6, 6.07) is 0. The van der Waals surface area contributed by atoms with Crippen molar-refractivity contribution in [2.24, 2.45) is 0 Å². The van der Waals surface area contributed by atoms with Crippen LogP contribution in [-0.4, -0.2) is 37.4 Å². The molecule has 0 aromatic rings. The second-order valence-corrected chi connectivity index (χ2v) is 5.89. The highest BCUT2D eigenvalue weighted by atomic mass is 16.6. The quantitative estimate of drug-likeness (QED) is 0.586. The van der Waals surface area contributed by atoms with E-state index in [-0.39, 0.29) is 12.5 Å². The predicted molar refractivity (Wildman–Crippen MR) is 71.5 cm³/mol. The lowest BCUT2D eigenvalue weighted by molar-refractivity contribution is -0.153. The third kappa shape index (κ3) is 7.67. The van der Waals surface area contributed by atoms with Crippen LogP contribution in [0.3, 0.4) is 0 Å². The van der Waals surface area contributed by atoms with Crippen LogP contribution in [0.2, 0.25) is 0 Å². The number of hydrogen-bond acceptors (Lipinski definition) is 4. The van der Waals surface area contributed by atoms with E-state index in [0.717, 1.165) is 0 Å². The average Bonchev–Trinajstić information content (AvgIpc) is 2.27. The highest BCUT2D eigenvalue weighted by Crippen LogP contribution is 2.19. The molecule has 0 amide bonds. The van der Waals surface area contributed by atoms with Crippen molar-refractivity contribution in [1.29, 1.82) is 0 Å². The Morgan fingerprint density at radius 3 is 2.50 bits per heavy atom. The summed E-state index contributed by atoms with van der Waals surface area (Å²) in [5.74, 6) is -0.208. The summed E-state index contributed by atoms with van der Waals surface area (Å²) in [5, 5.41) is 3.05. The van der Waals surface area contributed by atoms with Crippen LogP contribution in [0.15, 0.2) is 0 Å². The lowest BCUT2D eigenvalue weighted by Crippen LogP contribution is -2.33. The Labute approximate surface area is 110 Å². The Hall–Kier alpha value is -0.610. The molecule has 0 aliphatic heterocycles. The maximum Gasteiger partial charge on any atom is 0.320 e. The predicted octanol–water partition coefficient (Wildman–Crippen LogP) is 2.27. The van der Waals surface area contributed by atoms with Crippen molar-refractivity contribution in [3.8, 4) is 0 Å². The van der Waals surface area contributed by atoms with Crippen LogP contribution >= 0.6 is 0 Å². The van der Waals surface area contributed by atoms with E-state index in [9.17, 15) is 4.79 Å². The molecule has 1 aliphatic rings. The maximum atomic E-state index is 11.4. The average molecular weight is 257 g/mol. The van der Waals surface area contributed by atoms with Crippen molar-refractivity contribution in [2.45, 2.75) is 64.6 Å². The van der Waals surface area contributed by atoms with Gasteiger partial charge in [0, 0.05) is 6.54 Å². The molecule has 0 atom stereocenters. The number of carbonyl (C=O) groups excluding carboxylic acids is 1. The Morgan fingerprint density at radius 1 is 1.22 bits per heavy atom. The first kappa shape index (κ1) is 15.4. The summed E-state index contributed by atoms with van der Waals surface area (Å²) in [6.07, 6.45) is 6.73. The van der Waals surface area contributed by atoms with Gasteiger partial charge in [0.25, 0.3) is 0 Å². The normalized spacial score (nSPS) is 17.7. The zero-order chi connectivity index (χ0) is 13.4. The third-order valence-corrected chi connectivity index (χ3v) is 2.87. The number of esters is 1. The fraction of sp³-hybridized carbons (Fsp3) is 0.929. The molecule has 0 aromatic carbocycles. The van der Waals surface area contributed by atoms with Crippen molar-refractivity contribution < 1.29 is 14.3 Å². The van der Waals surface area contributed by atoms with E-state index >= 15 is 0 Å². The van der Waals surface area contributed by atoms with E-state index in [1.54, 1.807) is 0 Å². The number of carbonyl (C=O) groups is 1. The Balaban J connectivity index is 1.96. The summed E-state index contributed by atoms with van der Waals surface area (Å²) in [4.78, 5) is 11.4. The molecule has 0 radical (unpaired) electrons. The largest absolute Gasteiger partial charge is 0.459 e. The van der Waals surface area contributed by atoms with Gasteiger partial charge in [-0.05, 0) is 33.6 Å². The van der Waals surface area contributed by atoms with Gasteiger partial charge in [-0.15, -0.1) is 0 Å². The molecule has 1 fully saturated rings. The number of nitrogens with one attached hydrogen (secondary N) is 1. The van der Waals surface area contributed by atoms with Gasteiger partial charge in [0.1, 0.15) is 5.60 Å². The van der Waals surface area contributed by atoms with E-state index in [1.807, 2.05) is 20.8 Å². The van der Waals surface area contributed by atoms with Gasteiger partial charge in [-0.25, -0.2) is 0 Å². The second-order valence-electron chi connectivity index (χ2n) is 5.89. The molecule has 4 nitrogen and oxygen atoms in total. The van der Waals surface area contributed by atoms with Gasteiger partial charge in [0.15, 0.2) is 0 Å². The Morgan fingerprint density at radius 2 is 1.89 bits per heavy atom. The lowest BCUT2D eigenvalue weighted by Gasteiger charge is -2.22. The molecule has 0 saturated heterocycles. The Kier molecular flexibility index (Phi) is 6.65. The monoisotopic (exact) mass is 257 g/mol. The van der Waals surface area contributed by atoms with Gasteiger partial charge in [-0.3, -0.25) is 4.79 Å². The molecule has 1 aliphatic carbocycles. The molecular weight excluding hydrogens is 230 g/mol. The van der Waals surface area contributed by atoms with Crippen molar-refractivity contribution >= 4 is 5.97 Å². The topological polar surface area (TPSA) is 47.6 Å². The molecule has 0 heterocycles. The van der Waals surface area contributed by atoms with Crippen LogP contribution in [0.4, 0.5) is 0 Å². The minimum Gasteiger partial charge on any atom is -0.459 e. The maximum absolute atomic E-state index is 11.4. The minimum absolute atomic E-state index is 0.208. The van der Waals surface area contributed by atoms with Crippen molar-refractivity contribution in [2.75, 3.05) is 19.7 Å². The van der Waals surface area contributed by atoms with E-state index in [1.165, 1.54) is 32.1 Å². The van der Waals surface area contributed by atoms with Gasteiger partial charge in [-0.1, -0.05) is 19.3 Å². The summed E-state index contributed by atoms with van der Waals surface area (Å²) in [5.41, 5.74) is -0.405. The Bertz CT molecular complexity index is 242. The highest BCUT2D eigenvalue weighted by Gasteiger charge is 2.16. The smallest absolute Gasteiger partial charge is 0.320 e. The molecule has 1 saturated carbocycles. The fourth-order valence-corrected chi connectivity index (χ4v) is 2.10. The minimum atomic E-state index is -0.405.